The average Bonchev–Trinajstić information content (AvgIpc) is 2.47. The van der Waals surface area contributed by atoms with Crippen LogP contribution in [-0.2, 0) is 4.79 Å². The van der Waals surface area contributed by atoms with Crippen molar-refractivity contribution >= 4 is 11.8 Å². The van der Waals surface area contributed by atoms with Crippen molar-refractivity contribution in [2.75, 3.05) is 13.1 Å². The molecular formula is C16H21FN2O2. The van der Waals surface area contributed by atoms with Gasteiger partial charge in [0.1, 0.15) is 5.82 Å². The van der Waals surface area contributed by atoms with E-state index >= 15 is 0 Å². The van der Waals surface area contributed by atoms with Crippen molar-refractivity contribution in [2.24, 2.45) is 5.92 Å². The molecule has 0 unspecified atom stereocenters. The molecular weight excluding hydrogens is 271 g/mol. The Bertz CT molecular complexity index is 514. The van der Waals surface area contributed by atoms with Gasteiger partial charge in [-0.3, -0.25) is 9.59 Å². The van der Waals surface area contributed by atoms with Gasteiger partial charge < -0.3 is 10.2 Å². The van der Waals surface area contributed by atoms with Crippen LogP contribution in [0.4, 0.5) is 4.39 Å². The van der Waals surface area contributed by atoms with E-state index in [0.29, 0.717) is 18.7 Å². The van der Waals surface area contributed by atoms with E-state index in [1.807, 2.05) is 13.8 Å². The number of carbonyl (C=O) groups excluding carboxylic acids is 2. The van der Waals surface area contributed by atoms with Crippen molar-refractivity contribution < 1.29 is 14.0 Å². The molecule has 1 aromatic rings. The largest absolute Gasteiger partial charge is 0.354 e. The summed E-state index contributed by atoms with van der Waals surface area (Å²) in [5, 5.41) is 2.89. The normalized spacial score (nSPS) is 18.7. The maximum atomic E-state index is 12.9. The van der Waals surface area contributed by atoms with Crippen molar-refractivity contribution in [2.45, 2.75) is 32.7 Å². The zero-order valence-corrected chi connectivity index (χ0v) is 12.4. The lowest BCUT2D eigenvalue weighted by molar-refractivity contribution is -0.126. The fraction of sp³-hybridized carbons (Fsp3) is 0.500. The van der Waals surface area contributed by atoms with Crippen LogP contribution >= 0.6 is 0 Å². The van der Waals surface area contributed by atoms with Gasteiger partial charge in [-0.15, -0.1) is 0 Å². The predicted octanol–water partition coefficient (Wildman–Crippen LogP) is 2.20. The molecule has 0 bridgehead atoms. The Morgan fingerprint density at radius 3 is 2.57 bits per heavy atom. The third kappa shape index (κ3) is 4.03. The maximum Gasteiger partial charge on any atom is 0.253 e. The molecule has 1 atom stereocenters. The molecule has 4 nitrogen and oxygen atoms in total. The van der Waals surface area contributed by atoms with Gasteiger partial charge in [-0.05, 0) is 51.0 Å². The molecule has 0 saturated carbocycles. The number of carbonyl (C=O) groups is 2. The molecule has 2 rings (SSSR count). The molecule has 0 aromatic heterocycles. The number of rotatable bonds is 3. The SMILES string of the molecule is CC(C)NC(=O)[C@@H]1CCCN(C(=O)c2ccc(F)cc2)C1. The second-order valence-electron chi connectivity index (χ2n) is 5.76. The van der Waals surface area contributed by atoms with E-state index in [4.69, 9.17) is 0 Å². The van der Waals surface area contributed by atoms with Crippen LogP contribution < -0.4 is 5.32 Å². The minimum Gasteiger partial charge on any atom is -0.354 e. The third-order valence-electron chi connectivity index (χ3n) is 3.60. The van der Waals surface area contributed by atoms with E-state index in [-0.39, 0.29) is 29.6 Å². The number of halogens is 1. The Hall–Kier alpha value is -1.91. The lowest BCUT2D eigenvalue weighted by Crippen LogP contribution is -2.46. The second-order valence-corrected chi connectivity index (χ2v) is 5.76. The lowest BCUT2D eigenvalue weighted by Gasteiger charge is -2.32. The molecule has 1 heterocycles. The minimum absolute atomic E-state index is 0.00149. The van der Waals surface area contributed by atoms with Gasteiger partial charge in [-0.1, -0.05) is 0 Å². The number of likely N-dealkylation sites (tertiary alicyclic amines) is 1. The van der Waals surface area contributed by atoms with Crippen molar-refractivity contribution in [1.82, 2.24) is 10.2 Å². The van der Waals surface area contributed by atoms with E-state index in [0.717, 1.165) is 12.8 Å². The van der Waals surface area contributed by atoms with E-state index in [2.05, 4.69) is 5.32 Å². The highest BCUT2D eigenvalue weighted by atomic mass is 19.1. The van der Waals surface area contributed by atoms with Crippen molar-refractivity contribution in [1.29, 1.82) is 0 Å². The van der Waals surface area contributed by atoms with Gasteiger partial charge >= 0.3 is 0 Å². The van der Waals surface area contributed by atoms with E-state index < -0.39 is 0 Å². The van der Waals surface area contributed by atoms with E-state index in [1.165, 1.54) is 24.3 Å². The molecule has 0 aliphatic carbocycles. The Morgan fingerprint density at radius 2 is 1.95 bits per heavy atom. The van der Waals surface area contributed by atoms with Gasteiger partial charge in [0.2, 0.25) is 5.91 Å². The molecule has 1 aliphatic heterocycles. The van der Waals surface area contributed by atoms with Crippen molar-refractivity contribution in [3.63, 3.8) is 0 Å². The summed E-state index contributed by atoms with van der Waals surface area (Å²) in [7, 11) is 0. The predicted molar refractivity (Wildman–Crippen MR) is 78.3 cm³/mol. The van der Waals surface area contributed by atoms with Gasteiger partial charge in [0.15, 0.2) is 0 Å². The number of hydrogen-bond donors (Lipinski definition) is 1. The summed E-state index contributed by atoms with van der Waals surface area (Å²) in [6.07, 6.45) is 1.61. The fourth-order valence-electron chi connectivity index (χ4n) is 2.55. The molecule has 1 saturated heterocycles. The molecule has 0 radical (unpaired) electrons. The monoisotopic (exact) mass is 292 g/mol. The summed E-state index contributed by atoms with van der Waals surface area (Å²) in [6.45, 7) is 4.90. The molecule has 114 valence electrons. The van der Waals surface area contributed by atoms with Crippen LogP contribution in [0.25, 0.3) is 0 Å². The van der Waals surface area contributed by atoms with Gasteiger partial charge in [-0.25, -0.2) is 4.39 Å². The molecule has 1 fully saturated rings. The number of benzene rings is 1. The van der Waals surface area contributed by atoms with Crippen LogP contribution in [0.3, 0.4) is 0 Å². The Labute approximate surface area is 124 Å². The Morgan fingerprint density at radius 1 is 1.29 bits per heavy atom. The zero-order chi connectivity index (χ0) is 15.4. The summed E-state index contributed by atoms with van der Waals surface area (Å²) in [6, 6.07) is 5.62. The van der Waals surface area contributed by atoms with Crippen LogP contribution in [0.1, 0.15) is 37.0 Å². The molecule has 2 amide bonds. The van der Waals surface area contributed by atoms with Crippen LogP contribution in [0, 0.1) is 11.7 Å². The van der Waals surface area contributed by atoms with E-state index in [1.54, 1.807) is 4.90 Å². The van der Waals surface area contributed by atoms with Crippen LogP contribution in [0.15, 0.2) is 24.3 Å². The van der Waals surface area contributed by atoms with Crippen LogP contribution in [0.2, 0.25) is 0 Å². The first kappa shape index (κ1) is 15.5. The highest BCUT2D eigenvalue weighted by molar-refractivity contribution is 5.94. The lowest BCUT2D eigenvalue weighted by atomic mass is 9.96. The first-order valence-corrected chi connectivity index (χ1v) is 7.32. The Kier molecular flexibility index (Phi) is 4.94. The average molecular weight is 292 g/mol. The number of nitrogens with one attached hydrogen (secondary N) is 1. The van der Waals surface area contributed by atoms with Gasteiger partial charge in [-0.2, -0.15) is 0 Å². The van der Waals surface area contributed by atoms with Crippen LogP contribution in [-0.4, -0.2) is 35.8 Å². The van der Waals surface area contributed by atoms with Crippen molar-refractivity contribution in [3.05, 3.63) is 35.6 Å². The first-order valence-electron chi connectivity index (χ1n) is 7.32. The standard InChI is InChI=1S/C16H21FN2O2/c1-11(2)18-15(20)13-4-3-9-19(10-13)16(21)12-5-7-14(17)8-6-12/h5-8,11,13H,3-4,9-10H2,1-2H3,(H,18,20)/t13-/m1/s1. The zero-order valence-electron chi connectivity index (χ0n) is 12.4. The fourth-order valence-corrected chi connectivity index (χ4v) is 2.55. The summed E-state index contributed by atoms with van der Waals surface area (Å²) < 4.78 is 12.9. The number of nitrogens with zero attached hydrogens (tertiary/aromatic N) is 1. The van der Waals surface area contributed by atoms with Crippen LogP contribution in [0.5, 0.6) is 0 Å². The first-order chi connectivity index (χ1) is 9.97. The van der Waals surface area contributed by atoms with Gasteiger partial charge in [0, 0.05) is 24.7 Å². The number of hydrogen-bond acceptors (Lipinski definition) is 2. The van der Waals surface area contributed by atoms with E-state index in [9.17, 15) is 14.0 Å². The molecule has 5 heteroatoms. The summed E-state index contributed by atoms with van der Waals surface area (Å²) in [5.41, 5.74) is 0.460. The second kappa shape index (κ2) is 6.70. The number of amides is 2. The molecule has 0 spiro atoms. The summed E-state index contributed by atoms with van der Waals surface area (Å²) in [5.74, 6) is -0.663. The summed E-state index contributed by atoms with van der Waals surface area (Å²) >= 11 is 0. The topological polar surface area (TPSA) is 49.4 Å². The van der Waals surface area contributed by atoms with Gasteiger partial charge in [0.25, 0.3) is 5.91 Å². The minimum atomic E-state index is -0.362. The summed E-state index contributed by atoms with van der Waals surface area (Å²) in [4.78, 5) is 26.1. The highest BCUT2D eigenvalue weighted by Crippen LogP contribution is 2.19. The quantitative estimate of drug-likeness (QED) is 0.928. The Balaban J connectivity index is 2.01. The molecule has 21 heavy (non-hydrogen) atoms. The molecule has 1 aliphatic rings. The smallest absolute Gasteiger partial charge is 0.253 e. The third-order valence-corrected chi connectivity index (χ3v) is 3.60. The molecule has 1 aromatic carbocycles. The number of piperidine rings is 1. The maximum absolute atomic E-state index is 12.9. The highest BCUT2D eigenvalue weighted by Gasteiger charge is 2.29. The van der Waals surface area contributed by atoms with Crippen molar-refractivity contribution in [3.8, 4) is 0 Å². The molecule has 1 N–H and O–H groups in total. The van der Waals surface area contributed by atoms with Gasteiger partial charge in [0.05, 0.1) is 5.92 Å².